The molecule has 1 amide bonds. The highest BCUT2D eigenvalue weighted by Crippen LogP contribution is 2.29. The quantitative estimate of drug-likeness (QED) is 0.256. The normalized spacial score (nSPS) is 10.6. The number of carbonyl (C=O) groups excluding carboxylic acids is 1. The molecule has 0 spiro atoms. The van der Waals surface area contributed by atoms with Crippen LogP contribution in [0, 0.1) is 5.82 Å². The second-order valence-corrected chi connectivity index (χ2v) is 8.26. The fourth-order valence-electron chi connectivity index (χ4n) is 3.59. The molecule has 33 heavy (non-hydrogen) atoms. The van der Waals surface area contributed by atoms with Crippen molar-refractivity contribution in [1.82, 2.24) is 5.32 Å². The summed E-state index contributed by atoms with van der Waals surface area (Å²) >= 11 is 0. The number of benzene rings is 3. The minimum atomic E-state index is -0.254. The summed E-state index contributed by atoms with van der Waals surface area (Å²) in [4.78, 5) is 11.5. The molecule has 3 rings (SSSR count). The molecule has 0 fully saturated rings. The SMILES string of the molecule is C=C(C)C(=O)NCCOc1ccc(-c2ccc(-c3ccc(CCCCC)cc3)cc2F)cc1. The molecule has 0 saturated heterocycles. The van der Waals surface area contributed by atoms with Crippen LogP contribution < -0.4 is 10.1 Å². The third kappa shape index (κ3) is 7.04. The molecule has 3 aromatic rings. The van der Waals surface area contributed by atoms with Crippen molar-refractivity contribution in [2.45, 2.75) is 39.5 Å². The molecule has 3 nitrogen and oxygen atoms in total. The lowest BCUT2D eigenvalue weighted by atomic mass is 9.98. The van der Waals surface area contributed by atoms with Crippen LogP contribution in [0.4, 0.5) is 4.39 Å². The molecule has 0 radical (unpaired) electrons. The van der Waals surface area contributed by atoms with Crippen molar-refractivity contribution in [3.63, 3.8) is 0 Å². The number of hydrogen-bond acceptors (Lipinski definition) is 2. The van der Waals surface area contributed by atoms with Gasteiger partial charge in [-0.3, -0.25) is 4.79 Å². The van der Waals surface area contributed by atoms with Gasteiger partial charge in [-0.1, -0.05) is 74.9 Å². The standard InChI is InChI=1S/C29H32FNO2/c1-4-5-6-7-22-8-10-23(11-9-22)25-14-17-27(28(30)20-25)24-12-15-26(16-13-24)33-19-18-31-29(32)21(2)3/h8-17,20H,2,4-7,18-19H2,1,3H3,(H,31,32). The molecule has 0 aromatic heterocycles. The minimum Gasteiger partial charge on any atom is -0.492 e. The van der Waals surface area contributed by atoms with Crippen LogP contribution in [0.2, 0.25) is 0 Å². The van der Waals surface area contributed by atoms with Gasteiger partial charge in [0.2, 0.25) is 5.91 Å². The van der Waals surface area contributed by atoms with Crippen molar-refractivity contribution in [2.24, 2.45) is 0 Å². The summed E-state index contributed by atoms with van der Waals surface area (Å²) < 4.78 is 20.6. The molecule has 0 aliphatic rings. The van der Waals surface area contributed by atoms with Gasteiger partial charge < -0.3 is 10.1 Å². The van der Waals surface area contributed by atoms with Crippen molar-refractivity contribution in [3.8, 4) is 28.0 Å². The van der Waals surface area contributed by atoms with E-state index < -0.39 is 0 Å². The van der Waals surface area contributed by atoms with Crippen molar-refractivity contribution < 1.29 is 13.9 Å². The van der Waals surface area contributed by atoms with Crippen LogP contribution in [-0.4, -0.2) is 19.1 Å². The fraction of sp³-hybridized carbons (Fsp3) is 0.276. The van der Waals surface area contributed by atoms with Crippen LogP contribution in [0.1, 0.15) is 38.7 Å². The highest BCUT2D eigenvalue weighted by atomic mass is 19.1. The van der Waals surface area contributed by atoms with Crippen molar-refractivity contribution >= 4 is 5.91 Å². The summed E-state index contributed by atoms with van der Waals surface area (Å²) in [6.07, 6.45) is 4.75. The lowest BCUT2D eigenvalue weighted by molar-refractivity contribution is -0.117. The fourth-order valence-corrected chi connectivity index (χ4v) is 3.59. The predicted octanol–water partition coefficient (Wildman–Crippen LogP) is 6.96. The van der Waals surface area contributed by atoms with Crippen LogP contribution >= 0.6 is 0 Å². The van der Waals surface area contributed by atoms with Gasteiger partial charge in [-0.05, 0) is 60.2 Å². The van der Waals surface area contributed by atoms with E-state index in [0.29, 0.717) is 30.0 Å². The van der Waals surface area contributed by atoms with E-state index in [2.05, 4.69) is 43.1 Å². The summed E-state index contributed by atoms with van der Waals surface area (Å²) in [5.74, 6) is 0.228. The van der Waals surface area contributed by atoms with Crippen molar-refractivity contribution in [2.75, 3.05) is 13.2 Å². The van der Waals surface area contributed by atoms with Crippen LogP contribution in [0.3, 0.4) is 0 Å². The number of hydrogen-bond donors (Lipinski definition) is 1. The maximum atomic E-state index is 14.9. The molecule has 0 atom stereocenters. The lowest BCUT2D eigenvalue weighted by Crippen LogP contribution is -2.28. The Morgan fingerprint density at radius 2 is 1.61 bits per heavy atom. The molecule has 0 aliphatic heterocycles. The number of rotatable bonds is 11. The molecular formula is C29H32FNO2. The Bertz CT molecular complexity index is 1070. The van der Waals surface area contributed by atoms with Gasteiger partial charge in [0.15, 0.2) is 0 Å². The number of amides is 1. The first kappa shape index (κ1) is 24.2. The predicted molar refractivity (Wildman–Crippen MR) is 134 cm³/mol. The van der Waals surface area contributed by atoms with Gasteiger partial charge in [0.1, 0.15) is 18.2 Å². The Morgan fingerprint density at radius 3 is 2.24 bits per heavy atom. The van der Waals surface area contributed by atoms with Gasteiger partial charge in [0.25, 0.3) is 0 Å². The van der Waals surface area contributed by atoms with E-state index in [0.717, 1.165) is 23.1 Å². The van der Waals surface area contributed by atoms with E-state index in [9.17, 15) is 9.18 Å². The summed E-state index contributed by atoms with van der Waals surface area (Å²) in [6, 6.07) is 21.1. The molecule has 0 heterocycles. The van der Waals surface area contributed by atoms with E-state index in [4.69, 9.17) is 4.74 Å². The Labute approximate surface area is 196 Å². The second-order valence-electron chi connectivity index (χ2n) is 8.26. The van der Waals surface area contributed by atoms with E-state index in [1.54, 1.807) is 25.1 Å². The van der Waals surface area contributed by atoms with Gasteiger partial charge in [0.05, 0.1) is 6.54 Å². The van der Waals surface area contributed by atoms with Gasteiger partial charge >= 0.3 is 0 Å². The third-order valence-corrected chi connectivity index (χ3v) is 5.53. The molecule has 4 heteroatoms. The average molecular weight is 446 g/mol. The molecule has 0 bridgehead atoms. The first-order valence-corrected chi connectivity index (χ1v) is 11.5. The topological polar surface area (TPSA) is 38.3 Å². The summed E-state index contributed by atoms with van der Waals surface area (Å²) in [5.41, 5.74) is 5.01. The molecule has 0 aliphatic carbocycles. The van der Waals surface area contributed by atoms with E-state index in [1.807, 2.05) is 24.3 Å². The molecule has 0 saturated carbocycles. The van der Waals surface area contributed by atoms with Gasteiger partial charge in [-0.25, -0.2) is 4.39 Å². The Morgan fingerprint density at radius 1 is 0.939 bits per heavy atom. The Kier molecular flexibility index (Phi) is 8.82. The van der Waals surface area contributed by atoms with Crippen molar-refractivity contribution in [3.05, 3.63) is 90.3 Å². The van der Waals surface area contributed by atoms with E-state index in [1.165, 1.54) is 24.8 Å². The zero-order chi connectivity index (χ0) is 23.6. The number of ether oxygens (including phenoxy) is 1. The zero-order valence-corrected chi connectivity index (χ0v) is 19.5. The summed E-state index contributed by atoms with van der Waals surface area (Å²) in [6.45, 7) is 8.20. The number of nitrogens with one attached hydrogen (secondary N) is 1. The molecule has 3 aromatic carbocycles. The first-order valence-electron chi connectivity index (χ1n) is 11.5. The van der Waals surface area contributed by atoms with Crippen molar-refractivity contribution in [1.29, 1.82) is 0 Å². The monoisotopic (exact) mass is 445 g/mol. The number of carbonyl (C=O) groups is 1. The van der Waals surface area contributed by atoms with Crippen LogP contribution in [0.15, 0.2) is 78.9 Å². The average Bonchev–Trinajstić information content (AvgIpc) is 2.82. The molecule has 1 N–H and O–H groups in total. The molecule has 172 valence electrons. The number of halogens is 1. The molecule has 0 unspecified atom stereocenters. The van der Waals surface area contributed by atoms with Crippen LogP contribution in [-0.2, 0) is 11.2 Å². The van der Waals surface area contributed by atoms with E-state index in [-0.39, 0.29) is 11.7 Å². The van der Waals surface area contributed by atoms with E-state index >= 15 is 0 Å². The number of unbranched alkanes of at least 4 members (excludes halogenated alkanes) is 2. The second kappa shape index (κ2) is 12.0. The maximum absolute atomic E-state index is 14.9. The highest BCUT2D eigenvalue weighted by Gasteiger charge is 2.08. The maximum Gasteiger partial charge on any atom is 0.246 e. The Hall–Kier alpha value is -3.40. The van der Waals surface area contributed by atoms with Crippen LogP contribution in [0.5, 0.6) is 5.75 Å². The summed E-state index contributed by atoms with van der Waals surface area (Å²) in [5, 5.41) is 2.72. The lowest BCUT2D eigenvalue weighted by Gasteiger charge is -2.10. The third-order valence-electron chi connectivity index (χ3n) is 5.53. The Balaban J connectivity index is 1.60. The molecular weight excluding hydrogens is 413 g/mol. The van der Waals surface area contributed by atoms with Gasteiger partial charge in [-0.15, -0.1) is 0 Å². The smallest absolute Gasteiger partial charge is 0.246 e. The van der Waals surface area contributed by atoms with Gasteiger partial charge in [0, 0.05) is 11.1 Å². The van der Waals surface area contributed by atoms with Gasteiger partial charge in [-0.2, -0.15) is 0 Å². The first-order chi connectivity index (χ1) is 16.0. The highest BCUT2D eigenvalue weighted by molar-refractivity contribution is 5.92. The largest absolute Gasteiger partial charge is 0.492 e. The summed E-state index contributed by atoms with van der Waals surface area (Å²) in [7, 11) is 0. The van der Waals surface area contributed by atoms with Crippen LogP contribution in [0.25, 0.3) is 22.3 Å². The zero-order valence-electron chi connectivity index (χ0n) is 19.5. The number of aryl methyl sites for hydroxylation is 1. The minimum absolute atomic E-state index is 0.184.